The van der Waals surface area contributed by atoms with Gasteiger partial charge < -0.3 is 10.1 Å². The van der Waals surface area contributed by atoms with Crippen LogP contribution in [0.1, 0.15) is 18.5 Å². The summed E-state index contributed by atoms with van der Waals surface area (Å²) in [5, 5.41) is 3.17. The Hall–Kier alpha value is -1.13. The Balaban J connectivity index is 2.82. The van der Waals surface area contributed by atoms with Gasteiger partial charge in [0.2, 0.25) is 5.91 Å². The normalized spacial score (nSPS) is 12.2. The molecule has 1 atom stereocenters. The molecular formula is C11H13ClFNO2. The lowest BCUT2D eigenvalue weighted by molar-refractivity contribution is -0.120. The Morgan fingerprint density at radius 3 is 2.81 bits per heavy atom. The van der Waals surface area contributed by atoms with Crippen LogP contribution < -0.4 is 5.32 Å². The molecule has 88 valence electrons. The molecule has 0 saturated carbocycles. The number of nitrogens with one attached hydrogen (secondary N) is 1. The Labute approximate surface area is 98.5 Å². The summed E-state index contributed by atoms with van der Waals surface area (Å²) in [7, 11) is 0. The lowest BCUT2D eigenvalue weighted by Gasteiger charge is -2.18. The van der Waals surface area contributed by atoms with Crippen molar-refractivity contribution in [1.29, 1.82) is 0 Å². The highest BCUT2D eigenvalue weighted by atomic mass is 35.5. The van der Waals surface area contributed by atoms with Crippen LogP contribution >= 0.6 is 11.6 Å². The second-order valence-corrected chi connectivity index (χ2v) is 3.66. The number of carbonyl (C=O) groups excluding carboxylic acids is 1. The largest absolute Gasteiger partial charge is 0.348 e. The van der Waals surface area contributed by atoms with Gasteiger partial charge in [-0.3, -0.25) is 4.79 Å². The summed E-state index contributed by atoms with van der Waals surface area (Å²) in [6, 6.07) is 6.63. The lowest BCUT2D eigenvalue weighted by atomic mass is 10.1. The number of hydrogen-bond acceptors (Lipinski definition) is 2. The standard InChI is InChI=1S/C11H13ClFNO2/c1-8(15)14-11(6-16-7-13)9-4-2-3-5-10(9)12/h2-5,11H,6-7H2,1H3,(H,14,15). The molecule has 16 heavy (non-hydrogen) atoms. The average molecular weight is 246 g/mol. The van der Waals surface area contributed by atoms with E-state index in [9.17, 15) is 9.18 Å². The predicted molar refractivity (Wildman–Crippen MR) is 59.9 cm³/mol. The SMILES string of the molecule is CC(=O)NC(COCF)c1ccccc1Cl. The van der Waals surface area contributed by atoms with Crippen LogP contribution in [0, 0.1) is 0 Å². The maximum Gasteiger partial charge on any atom is 0.217 e. The molecule has 1 aromatic rings. The molecule has 1 amide bonds. The molecular weight excluding hydrogens is 233 g/mol. The molecule has 5 heteroatoms. The Morgan fingerprint density at radius 2 is 2.25 bits per heavy atom. The molecule has 3 nitrogen and oxygen atoms in total. The van der Waals surface area contributed by atoms with Crippen LogP contribution in [0.15, 0.2) is 24.3 Å². The molecule has 1 N–H and O–H groups in total. The summed E-state index contributed by atoms with van der Waals surface area (Å²) in [6.07, 6.45) is 0. The quantitative estimate of drug-likeness (QED) is 0.866. The van der Waals surface area contributed by atoms with Crippen molar-refractivity contribution >= 4 is 17.5 Å². The van der Waals surface area contributed by atoms with Crippen LogP contribution in [0.3, 0.4) is 0 Å². The van der Waals surface area contributed by atoms with E-state index in [1.807, 2.05) is 0 Å². The van der Waals surface area contributed by atoms with Gasteiger partial charge in [0.25, 0.3) is 0 Å². The Kier molecular flexibility index (Phi) is 5.22. The van der Waals surface area contributed by atoms with E-state index in [-0.39, 0.29) is 12.5 Å². The van der Waals surface area contributed by atoms with Crippen molar-refractivity contribution in [2.45, 2.75) is 13.0 Å². The molecule has 0 heterocycles. The van der Waals surface area contributed by atoms with Crippen molar-refractivity contribution in [2.75, 3.05) is 13.5 Å². The van der Waals surface area contributed by atoms with E-state index in [1.54, 1.807) is 24.3 Å². The zero-order valence-corrected chi connectivity index (χ0v) is 9.63. The third-order valence-corrected chi connectivity index (χ3v) is 2.36. The lowest BCUT2D eigenvalue weighted by Crippen LogP contribution is -2.29. The molecule has 0 aliphatic heterocycles. The highest BCUT2D eigenvalue weighted by Gasteiger charge is 2.15. The van der Waals surface area contributed by atoms with E-state index >= 15 is 0 Å². The number of hydrogen-bond donors (Lipinski definition) is 1. The molecule has 0 fully saturated rings. The summed E-state index contributed by atoms with van der Waals surface area (Å²) in [6.45, 7) is 0.555. The first-order chi connectivity index (χ1) is 7.65. The first-order valence-corrected chi connectivity index (χ1v) is 5.18. The molecule has 0 aliphatic rings. The number of ether oxygens (including phenoxy) is 1. The highest BCUT2D eigenvalue weighted by Crippen LogP contribution is 2.22. The molecule has 1 unspecified atom stereocenters. The van der Waals surface area contributed by atoms with Crippen LogP contribution in [0.2, 0.25) is 5.02 Å². The van der Waals surface area contributed by atoms with Gasteiger partial charge in [-0.2, -0.15) is 0 Å². The van der Waals surface area contributed by atoms with Crippen molar-refractivity contribution in [3.8, 4) is 0 Å². The number of benzene rings is 1. The molecule has 1 rings (SSSR count). The molecule has 0 radical (unpaired) electrons. The van der Waals surface area contributed by atoms with Crippen molar-refractivity contribution < 1.29 is 13.9 Å². The second-order valence-electron chi connectivity index (χ2n) is 3.25. The monoisotopic (exact) mass is 245 g/mol. The minimum absolute atomic E-state index is 0.0554. The minimum Gasteiger partial charge on any atom is -0.348 e. The van der Waals surface area contributed by atoms with Crippen molar-refractivity contribution in [3.63, 3.8) is 0 Å². The van der Waals surface area contributed by atoms with E-state index in [2.05, 4.69) is 10.1 Å². The zero-order chi connectivity index (χ0) is 12.0. The van der Waals surface area contributed by atoms with Crippen LogP contribution in [-0.4, -0.2) is 19.4 Å². The van der Waals surface area contributed by atoms with E-state index in [4.69, 9.17) is 11.6 Å². The summed E-state index contributed by atoms with van der Waals surface area (Å²) >= 11 is 5.98. The number of alkyl halides is 1. The van der Waals surface area contributed by atoms with Gasteiger partial charge in [0, 0.05) is 11.9 Å². The van der Waals surface area contributed by atoms with Crippen LogP contribution in [-0.2, 0) is 9.53 Å². The molecule has 0 saturated heterocycles. The van der Waals surface area contributed by atoms with Gasteiger partial charge in [-0.15, -0.1) is 0 Å². The first-order valence-electron chi connectivity index (χ1n) is 4.80. The van der Waals surface area contributed by atoms with Gasteiger partial charge in [0.05, 0.1) is 12.6 Å². The topological polar surface area (TPSA) is 38.3 Å². The molecule has 0 spiro atoms. The van der Waals surface area contributed by atoms with Gasteiger partial charge in [0.1, 0.15) is 0 Å². The maximum atomic E-state index is 11.9. The third-order valence-electron chi connectivity index (χ3n) is 2.02. The summed E-state index contributed by atoms with van der Waals surface area (Å²) in [5.41, 5.74) is 0.716. The fourth-order valence-electron chi connectivity index (χ4n) is 1.37. The average Bonchev–Trinajstić information content (AvgIpc) is 2.24. The Morgan fingerprint density at radius 1 is 1.56 bits per heavy atom. The zero-order valence-electron chi connectivity index (χ0n) is 8.87. The van der Waals surface area contributed by atoms with Gasteiger partial charge in [-0.05, 0) is 11.6 Å². The number of amides is 1. The van der Waals surface area contributed by atoms with Crippen molar-refractivity contribution in [3.05, 3.63) is 34.9 Å². The van der Waals surface area contributed by atoms with Gasteiger partial charge in [-0.25, -0.2) is 4.39 Å². The maximum absolute atomic E-state index is 11.9. The van der Waals surface area contributed by atoms with Gasteiger partial charge in [-0.1, -0.05) is 29.8 Å². The number of halogens is 2. The van der Waals surface area contributed by atoms with Crippen molar-refractivity contribution in [1.82, 2.24) is 5.32 Å². The van der Waals surface area contributed by atoms with Crippen LogP contribution in [0.5, 0.6) is 0 Å². The molecule has 0 bridgehead atoms. The van der Waals surface area contributed by atoms with E-state index in [0.717, 1.165) is 0 Å². The van der Waals surface area contributed by atoms with E-state index in [0.29, 0.717) is 10.6 Å². The van der Waals surface area contributed by atoms with E-state index < -0.39 is 12.9 Å². The van der Waals surface area contributed by atoms with Crippen LogP contribution in [0.4, 0.5) is 4.39 Å². The fourth-order valence-corrected chi connectivity index (χ4v) is 1.64. The smallest absolute Gasteiger partial charge is 0.217 e. The van der Waals surface area contributed by atoms with Crippen molar-refractivity contribution in [2.24, 2.45) is 0 Å². The Bertz CT molecular complexity index is 360. The first kappa shape index (κ1) is 12.9. The number of rotatable bonds is 5. The summed E-state index contributed by atoms with van der Waals surface area (Å²) in [5.74, 6) is -0.215. The summed E-state index contributed by atoms with van der Waals surface area (Å²) < 4.78 is 16.6. The van der Waals surface area contributed by atoms with Gasteiger partial charge in [0.15, 0.2) is 6.86 Å². The predicted octanol–water partition coefficient (Wildman–Crippen LogP) is 2.46. The molecule has 0 aliphatic carbocycles. The van der Waals surface area contributed by atoms with Crippen LogP contribution in [0.25, 0.3) is 0 Å². The van der Waals surface area contributed by atoms with Gasteiger partial charge >= 0.3 is 0 Å². The highest BCUT2D eigenvalue weighted by molar-refractivity contribution is 6.31. The van der Waals surface area contributed by atoms with E-state index in [1.165, 1.54) is 6.92 Å². The third kappa shape index (κ3) is 3.79. The second kappa shape index (κ2) is 6.45. The molecule has 1 aromatic carbocycles. The number of carbonyl (C=O) groups is 1. The summed E-state index contributed by atoms with van der Waals surface area (Å²) in [4.78, 5) is 11.0. The molecule has 0 aromatic heterocycles. The minimum atomic E-state index is -0.888. The fraction of sp³-hybridized carbons (Fsp3) is 0.364.